The summed E-state index contributed by atoms with van der Waals surface area (Å²) < 4.78 is 0. The normalized spacial score (nSPS) is 14.5. The number of rotatable bonds is 7. The molecule has 7 nitrogen and oxygen atoms in total. The summed E-state index contributed by atoms with van der Waals surface area (Å²) in [5.41, 5.74) is 1.13. The highest BCUT2D eigenvalue weighted by Gasteiger charge is 2.22. The van der Waals surface area contributed by atoms with E-state index >= 15 is 0 Å². The number of likely N-dealkylation sites (N-methyl/N-ethyl adjacent to an activating group) is 1. The first-order valence-electron chi connectivity index (χ1n) is 8.56. The SMILES string of the molecule is CN1CCN(c2cc(NCCCNc3ccccc3)ncn2)CC1=O. The zero-order valence-electron chi connectivity index (χ0n) is 14.5. The highest BCUT2D eigenvalue weighted by atomic mass is 16.2. The van der Waals surface area contributed by atoms with Gasteiger partial charge in [-0.15, -0.1) is 0 Å². The van der Waals surface area contributed by atoms with Gasteiger partial charge in [-0.3, -0.25) is 4.79 Å². The van der Waals surface area contributed by atoms with Crippen molar-refractivity contribution in [3.63, 3.8) is 0 Å². The van der Waals surface area contributed by atoms with Crippen LogP contribution in [-0.4, -0.2) is 60.5 Å². The largest absolute Gasteiger partial charge is 0.385 e. The molecule has 0 unspecified atom stereocenters. The number of carbonyl (C=O) groups is 1. The van der Waals surface area contributed by atoms with Crippen LogP contribution in [0.5, 0.6) is 0 Å². The molecule has 1 aromatic heterocycles. The molecule has 1 saturated heterocycles. The Morgan fingerprint density at radius 2 is 1.88 bits per heavy atom. The zero-order valence-corrected chi connectivity index (χ0v) is 14.5. The first-order valence-corrected chi connectivity index (χ1v) is 8.56. The molecular formula is C18H24N6O. The summed E-state index contributed by atoms with van der Waals surface area (Å²) in [7, 11) is 1.83. The molecule has 0 saturated carbocycles. The van der Waals surface area contributed by atoms with Crippen molar-refractivity contribution in [1.29, 1.82) is 0 Å². The second-order valence-electron chi connectivity index (χ2n) is 6.07. The highest BCUT2D eigenvalue weighted by molar-refractivity contribution is 5.82. The third-order valence-electron chi connectivity index (χ3n) is 4.20. The Kier molecular flexibility index (Phi) is 5.66. The highest BCUT2D eigenvalue weighted by Crippen LogP contribution is 2.16. The van der Waals surface area contributed by atoms with E-state index in [0.29, 0.717) is 6.54 Å². The third kappa shape index (κ3) is 4.82. The van der Waals surface area contributed by atoms with Crippen molar-refractivity contribution in [3.8, 4) is 0 Å². The number of hydrogen-bond acceptors (Lipinski definition) is 6. The van der Waals surface area contributed by atoms with E-state index in [0.717, 1.165) is 49.9 Å². The standard InChI is InChI=1S/C18H24N6O/c1-23-10-11-24(13-18(23)25)17-12-16(21-14-22-17)20-9-5-8-19-15-6-3-2-4-7-15/h2-4,6-7,12,14,19H,5,8-11,13H2,1H3,(H,20,21,22). The molecule has 0 bridgehead atoms. The lowest BCUT2D eigenvalue weighted by Gasteiger charge is -2.32. The van der Waals surface area contributed by atoms with E-state index in [-0.39, 0.29) is 5.91 Å². The van der Waals surface area contributed by atoms with Gasteiger partial charge in [0.25, 0.3) is 0 Å². The van der Waals surface area contributed by atoms with Gasteiger partial charge in [0.05, 0.1) is 6.54 Å². The van der Waals surface area contributed by atoms with E-state index in [9.17, 15) is 4.79 Å². The van der Waals surface area contributed by atoms with Gasteiger partial charge in [0.1, 0.15) is 18.0 Å². The topological polar surface area (TPSA) is 73.4 Å². The van der Waals surface area contributed by atoms with Gasteiger partial charge < -0.3 is 20.4 Å². The number of para-hydroxylation sites is 1. The van der Waals surface area contributed by atoms with Crippen LogP contribution in [0.1, 0.15) is 6.42 Å². The molecule has 2 heterocycles. The number of carbonyl (C=O) groups excluding carboxylic acids is 1. The predicted molar refractivity (Wildman–Crippen MR) is 99.9 cm³/mol. The molecule has 0 radical (unpaired) electrons. The van der Waals surface area contributed by atoms with E-state index < -0.39 is 0 Å². The number of hydrogen-bond donors (Lipinski definition) is 2. The number of piperazine rings is 1. The number of nitrogens with zero attached hydrogens (tertiary/aromatic N) is 4. The molecule has 0 aliphatic carbocycles. The summed E-state index contributed by atoms with van der Waals surface area (Å²) in [6.07, 6.45) is 2.52. The first-order chi connectivity index (χ1) is 12.2. The van der Waals surface area contributed by atoms with Crippen LogP contribution in [0, 0.1) is 0 Å². The van der Waals surface area contributed by atoms with Crippen LogP contribution in [0.15, 0.2) is 42.7 Å². The van der Waals surface area contributed by atoms with Crippen molar-refractivity contribution in [3.05, 3.63) is 42.7 Å². The van der Waals surface area contributed by atoms with Crippen molar-refractivity contribution >= 4 is 23.2 Å². The molecule has 1 fully saturated rings. The number of amides is 1. The summed E-state index contributed by atoms with van der Waals surface area (Å²) in [5, 5.41) is 6.70. The predicted octanol–water partition coefficient (Wildman–Crippen LogP) is 1.67. The fourth-order valence-corrected chi connectivity index (χ4v) is 2.66. The van der Waals surface area contributed by atoms with Gasteiger partial charge in [0.15, 0.2) is 0 Å². The lowest BCUT2D eigenvalue weighted by molar-refractivity contribution is -0.129. The van der Waals surface area contributed by atoms with Crippen LogP contribution < -0.4 is 15.5 Å². The molecular weight excluding hydrogens is 316 g/mol. The van der Waals surface area contributed by atoms with Crippen molar-refractivity contribution < 1.29 is 4.79 Å². The van der Waals surface area contributed by atoms with Gasteiger partial charge in [-0.1, -0.05) is 18.2 Å². The number of anilines is 3. The average Bonchev–Trinajstić information content (AvgIpc) is 2.65. The fraction of sp³-hybridized carbons (Fsp3) is 0.389. The van der Waals surface area contributed by atoms with Crippen LogP contribution in [0.2, 0.25) is 0 Å². The number of nitrogens with one attached hydrogen (secondary N) is 2. The second kappa shape index (κ2) is 8.32. The second-order valence-corrected chi connectivity index (χ2v) is 6.07. The van der Waals surface area contributed by atoms with E-state index in [4.69, 9.17) is 0 Å². The van der Waals surface area contributed by atoms with E-state index in [1.54, 1.807) is 11.2 Å². The van der Waals surface area contributed by atoms with Gasteiger partial charge in [-0.05, 0) is 18.6 Å². The summed E-state index contributed by atoms with van der Waals surface area (Å²) in [4.78, 5) is 24.1. The molecule has 3 rings (SSSR count). The van der Waals surface area contributed by atoms with Crippen LogP contribution in [-0.2, 0) is 4.79 Å². The van der Waals surface area contributed by atoms with Crippen molar-refractivity contribution in [2.45, 2.75) is 6.42 Å². The lowest BCUT2D eigenvalue weighted by Crippen LogP contribution is -2.48. The number of benzene rings is 1. The third-order valence-corrected chi connectivity index (χ3v) is 4.20. The molecule has 1 amide bonds. The van der Waals surface area contributed by atoms with Gasteiger partial charge in [-0.2, -0.15) is 0 Å². The fourth-order valence-electron chi connectivity index (χ4n) is 2.66. The van der Waals surface area contributed by atoms with Crippen molar-refractivity contribution in [1.82, 2.24) is 14.9 Å². The van der Waals surface area contributed by atoms with Gasteiger partial charge >= 0.3 is 0 Å². The molecule has 25 heavy (non-hydrogen) atoms. The zero-order chi connectivity index (χ0) is 17.5. The molecule has 0 spiro atoms. The Hall–Kier alpha value is -2.83. The molecule has 1 aromatic carbocycles. The minimum Gasteiger partial charge on any atom is -0.385 e. The molecule has 1 aliphatic heterocycles. The smallest absolute Gasteiger partial charge is 0.241 e. The molecule has 7 heteroatoms. The Labute approximate surface area is 148 Å². The summed E-state index contributed by atoms with van der Waals surface area (Å²) in [6.45, 7) is 3.59. The molecule has 2 N–H and O–H groups in total. The maximum atomic E-state index is 11.8. The van der Waals surface area contributed by atoms with Crippen LogP contribution in [0.3, 0.4) is 0 Å². The van der Waals surface area contributed by atoms with Gasteiger partial charge in [0.2, 0.25) is 5.91 Å². The minimum absolute atomic E-state index is 0.117. The summed E-state index contributed by atoms with van der Waals surface area (Å²) in [6, 6.07) is 12.1. The summed E-state index contributed by atoms with van der Waals surface area (Å²) >= 11 is 0. The maximum Gasteiger partial charge on any atom is 0.241 e. The molecule has 132 valence electrons. The van der Waals surface area contributed by atoms with Crippen molar-refractivity contribution in [2.75, 3.05) is 55.3 Å². The maximum absolute atomic E-state index is 11.8. The number of aromatic nitrogens is 2. The average molecular weight is 340 g/mol. The monoisotopic (exact) mass is 340 g/mol. The van der Waals surface area contributed by atoms with E-state index in [2.05, 4.69) is 32.7 Å². The first kappa shape index (κ1) is 17.0. The van der Waals surface area contributed by atoms with Crippen LogP contribution >= 0.6 is 0 Å². The molecule has 2 aromatic rings. The quantitative estimate of drug-likeness (QED) is 0.747. The Balaban J connectivity index is 1.45. The van der Waals surface area contributed by atoms with Gasteiger partial charge in [-0.25, -0.2) is 9.97 Å². The van der Waals surface area contributed by atoms with Crippen LogP contribution in [0.4, 0.5) is 17.3 Å². The Bertz CT molecular complexity index is 693. The molecule has 0 atom stereocenters. The lowest BCUT2D eigenvalue weighted by atomic mass is 10.3. The van der Waals surface area contributed by atoms with E-state index in [1.807, 2.05) is 36.2 Å². The minimum atomic E-state index is 0.117. The Morgan fingerprint density at radius 3 is 2.68 bits per heavy atom. The van der Waals surface area contributed by atoms with Crippen LogP contribution in [0.25, 0.3) is 0 Å². The molecule has 1 aliphatic rings. The van der Waals surface area contributed by atoms with Crippen molar-refractivity contribution in [2.24, 2.45) is 0 Å². The van der Waals surface area contributed by atoms with Gasteiger partial charge in [0, 0.05) is 45.0 Å². The Morgan fingerprint density at radius 1 is 1.08 bits per heavy atom. The van der Waals surface area contributed by atoms with E-state index in [1.165, 1.54) is 0 Å². The summed E-state index contributed by atoms with van der Waals surface area (Å²) in [5.74, 6) is 1.70.